The second kappa shape index (κ2) is 7.57. The molecule has 0 saturated carbocycles. The van der Waals surface area contributed by atoms with E-state index in [1.807, 2.05) is 6.20 Å². The minimum absolute atomic E-state index is 0.226. The lowest BCUT2D eigenvalue weighted by atomic mass is 9.99. The van der Waals surface area contributed by atoms with E-state index in [0.717, 1.165) is 41.8 Å². The van der Waals surface area contributed by atoms with Gasteiger partial charge in [0.15, 0.2) is 0 Å². The summed E-state index contributed by atoms with van der Waals surface area (Å²) in [6.07, 6.45) is 6.56. The van der Waals surface area contributed by atoms with Gasteiger partial charge >= 0.3 is 0 Å². The molecule has 1 aliphatic heterocycles. The Kier molecular flexibility index (Phi) is 5.26. The first-order valence-corrected chi connectivity index (χ1v) is 8.29. The summed E-state index contributed by atoms with van der Waals surface area (Å²) in [4.78, 5) is 4.35. The number of benzene rings is 1. The van der Waals surface area contributed by atoms with E-state index in [1.54, 1.807) is 6.20 Å². The third-order valence-corrected chi connectivity index (χ3v) is 4.40. The van der Waals surface area contributed by atoms with Gasteiger partial charge in [-0.25, -0.2) is 0 Å². The van der Waals surface area contributed by atoms with Gasteiger partial charge in [-0.1, -0.05) is 24.3 Å². The molecule has 122 valence electrons. The summed E-state index contributed by atoms with van der Waals surface area (Å²) < 4.78 is 5.94. The normalized spacial score (nSPS) is 16.9. The molecule has 1 saturated heterocycles. The van der Waals surface area contributed by atoms with E-state index in [1.165, 1.54) is 12.0 Å². The molecule has 0 bridgehead atoms. The highest BCUT2D eigenvalue weighted by molar-refractivity contribution is 5.69. The second-order valence-electron chi connectivity index (χ2n) is 6.09. The zero-order chi connectivity index (χ0) is 16.1. The van der Waals surface area contributed by atoms with Gasteiger partial charge in [0.05, 0.1) is 6.20 Å². The summed E-state index contributed by atoms with van der Waals surface area (Å²) in [7, 11) is 0. The number of aryl methyl sites for hydroxylation is 1. The third-order valence-electron chi connectivity index (χ3n) is 4.40. The highest BCUT2D eigenvalue weighted by atomic mass is 16.5. The number of nitrogens with one attached hydrogen (secondary N) is 1. The third kappa shape index (κ3) is 3.89. The lowest BCUT2D eigenvalue weighted by Crippen LogP contribution is -2.46. The van der Waals surface area contributed by atoms with Crippen LogP contribution in [0.25, 0.3) is 11.1 Å². The maximum absolute atomic E-state index is 8.99. The number of ether oxygens (including phenoxy) is 1. The Morgan fingerprint density at radius 3 is 2.96 bits per heavy atom. The fourth-order valence-corrected chi connectivity index (χ4v) is 2.80. The SMILES string of the molecule is Cc1c(OC[C@@H]2CCN2)cncc1-c1cccc(CCCO)c1. The molecule has 0 amide bonds. The highest BCUT2D eigenvalue weighted by Crippen LogP contribution is 2.29. The average Bonchev–Trinajstić information content (AvgIpc) is 2.53. The van der Waals surface area contributed by atoms with Crippen molar-refractivity contribution in [2.75, 3.05) is 19.8 Å². The Bertz CT molecular complexity index is 654. The van der Waals surface area contributed by atoms with Crippen molar-refractivity contribution in [2.24, 2.45) is 0 Å². The summed E-state index contributed by atoms with van der Waals surface area (Å²) in [6.45, 7) is 4.10. The molecule has 2 aromatic rings. The van der Waals surface area contributed by atoms with Crippen LogP contribution in [-0.4, -0.2) is 35.9 Å². The molecule has 1 fully saturated rings. The van der Waals surface area contributed by atoms with Gasteiger partial charge in [0, 0.05) is 30.0 Å². The van der Waals surface area contributed by atoms with Crippen LogP contribution in [0.1, 0.15) is 24.0 Å². The van der Waals surface area contributed by atoms with Gasteiger partial charge in [0.2, 0.25) is 0 Å². The predicted octanol–water partition coefficient (Wildman–Crippen LogP) is 2.72. The van der Waals surface area contributed by atoms with Crippen molar-refractivity contribution in [1.82, 2.24) is 10.3 Å². The van der Waals surface area contributed by atoms with Gasteiger partial charge in [-0.05, 0) is 43.9 Å². The Morgan fingerprint density at radius 1 is 1.35 bits per heavy atom. The molecule has 0 unspecified atom stereocenters. The number of aliphatic hydroxyl groups is 1. The Hall–Kier alpha value is -1.91. The van der Waals surface area contributed by atoms with Gasteiger partial charge in [0.1, 0.15) is 12.4 Å². The fourth-order valence-electron chi connectivity index (χ4n) is 2.80. The maximum atomic E-state index is 8.99. The molecule has 0 radical (unpaired) electrons. The highest BCUT2D eigenvalue weighted by Gasteiger charge is 2.17. The minimum atomic E-state index is 0.226. The number of nitrogens with zero attached hydrogens (tertiary/aromatic N) is 1. The summed E-state index contributed by atoms with van der Waals surface area (Å²) in [6, 6.07) is 8.92. The molecule has 1 aromatic carbocycles. The number of aromatic nitrogens is 1. The smallest absolute Gasteiger partial charge is 0.141 e. The second-order valence-corrected chi connectivity index (χ2v) is 6.09. The number of hydrogen-bond acceptors (Lipinski definition) is 4. The van der Waals surface area contributed by atoms with Crippen LogP contribution in [0, 0.1) is 6.92 Å². The molecule has 3 rings (SSSR count). The molecule has 2 N–H and O–H groups in total. The number of rotatable bonds is 7. The van der Waals surface area contributed by atoms with Crippen LogP contribution in [-0.2, 0) is 6.42 Å². The molecule has 1 aromatic heterocycles. The van der Waals surface area contributed by atoms with Crippen LogP contribution in [0.15, 0.2) is 36.7 Å². The first-order valence-electron chi connectivity index (χ1n) is 8.29. The maximum Gasteiger partial charge on any atom is 0.141 e. The van der Waals surface area contributed by atoms with Crippen molar-refractivity contribution in [3.05, 3.63) is 47.8 Å². The topological polar surface area (TPSA) is 54.4 Å². The van der Waals surface area contributed by atoms with Crippen LogP contribution in [0.2, 0.25) is 0 Å². The number of hydrogen-bond donors (Lipinski definition) is 2. The van der Waals surface area contributed by atoms with E-state index in [-0.39, 0.29) is 6.61 Å². The Morgan fingerprint density at radius 2 is 2.22 bits per heavy atom. The first-order chi connectivity index (χ1) is 11.3. The van der Waals surface area contributed by atoms with Crippen LogP contribution in [0.4, 0.5) is 0 Å². The molecule has 1 aliphatic rings. The van der Waals surface area contributed by atoms with Gasteiger partial charge in [-0.3, -0.25) is 4.98 Å². The molecular weight excluding hydrogens is 288 g/mol. The molecule has 23 heavy (non-hydrogen) atoms. The standard InChI is InChI=1S/C19H24N2O2/c1-14-18(16-6-2-4-15(10-16)5-3-9-22)11-20-12-19(14)23-13-17-7-8-21-17/h2,4,6,10-12,17,21-22H,3,5,7-9,13H2,1H3/t17-/m0/s1. The first kappa shape index (κ1) is 16.0. The van der Waals surface area contributed by atoms with E-state index < -0.39 is 0 Å². The summed E-state index contributed by atoms with van der Waals surface area (Å²) in [5, 5.41) is 12.3. The number of pyridine rings is 1. The molecule has 1 atom stereocenters. The number of aliphatic hydroxyl groups excluding tert-OH is 1. The van der Waals surface area contributed by atoms with Gasteiger partial charge in [-0.15, -0.1) is 0 Å². The Labute approximate surface area is 137 Å². The molecule has 4 nitrogen and oxygen atoms in total. The molecule has 0 spiro atoms. The van der Waals surface area contributed by atoms with Crippen molar-refractivity contribution >= 4 is 0 Å². The largest absolute Gasteiger partial charge is 0.490 e. The van der Waals surface area contributed by atoms with Crippen molar-refractivity contribution in [1.29, 1.82) is 0 Å². The monoisotopic (exact) mass is 312 g/mol. The van der Waals surface area contributed by atoms with Crippen LogP contribution >= 0.6 is 0 Å². The minimum Gasteiger partial charge on any atom is -0.490 e. The van der Waals surface area contributed by atoms with Gasteiger partial charge < -0.3 is 15.2 Å². The Balaban J connectivity index is 1.78. The van der Waals surface area contributed by atoms with Gasteiger partial charge in [0.25, 0.3) is 0 Å². The van der Waals surface area contributed by atoms with Crippen molar-refractivity contribution in [3.63, 3.8) is 0 Å². The quantitative estimate of drug-likeness (QED) is 0.825. The van der Waals surface area contributed by atoms with E-state index in [0.29, 0.717) is 12.6 Å². The summed E-state index contributed by atoms with van der Waals surface area (Å²) in [5.74, 6) is 0.858. The van der Waals surface area contributed by atoms with Crippen LogP contribution < -0.4 is 10.1 Å². The predicted molar refractivity (Wildman–Crippen MR) is 91.7 cm³/mol. The lowest BCUT2D eigenvalue weighted by molar-refractivity contribution is 0.216. The molecule has 0 aliphatic carbocycles. The summed E-state index contributed by atoms with van der Waals surface area (Å²) in [5.41, 5.74) is 4.62. The zero-order valence-electron chi connectivity index (χ0n) is 13.6. The lowest BCUT2D eigenvalue weighted by Gasteiger charge is -2.27. The molecular formula is C19H24N2O2. The van der Waals surface area contributed by atoms with Crippen LogP contribution in [0.5, 0.6) is 5.75 Å². The van der Waals surface area contributed by atoms with E-state index >= 15 is 0 Å². The van der Waals surface area contributed by atoms with E-state index in [9.17, 15) is 0 Å². The zero-order valence-corrected chi connectivity index (χ0v) is 13.6. The average molecular weight is 312 g/mol. The van der Waals surface area contributed by atoms with E-state index in [4.69, 9.17) is 9.84 Å². The molecule has 2 heterocycles. The van der Waals surface area contributed by atoms with Crippen molar-refractivity contribution in [2.45, 2.75) is 32.2 Å². The van der Waals surface area contributed by atoms with E-state index in [2.05, 4.69) is 41.5 Å². The van der Waals surface area contributed by atoms with Crippen LogP contribution in [0.3, 0.4) is 0 Å². The van der Waals surface area contributed by atoms with Gasteiger partial charge in [-0.2, -0.15) is 0 Å². The van der Waals surface area contributed by atoms with Crippen molar-refractivity contribution in [3.8, 4) is 16.9 Å². The summed E-state index contributed by atoms with van der Waals surface area (Å²) >= 11 is 0. The fraction of sp³-hybridized carbons (Fsp3) is 0.421. The van der Waals surface area contributed by atoms with Crippen molar-refractivity contribution < 1.29 is 9.84 Å². The molecule has 4 heteroatoms.